The van der Waals surface area contributed by atoms with Gasteiger partial charge in [0, 0.05) is 6.38 Å². The van der Waals surface area contributed by atoms with Crippen molar-refractivity contribution in [3.63, 3.8) is 0 Å². The summed E-state index contributed by atoms with van der Waals surface area (Å²) >= 11 is 2.22. The van der Waals surface area contributed by atoms with Gasteiger partial charge < -0.3 is 0 Å². The van der Waals surface area contributed by atoms with Crippen molar-refractivity contribution in [2.24, 2.45) is 0 Å². The van der Waals surface area contributed by atoms with E-state index in [9.17, 15) is 26.3 Å². The first kappa shape index (κ1) is 34.7. The van der Waals surface area contributed by atoms with Crippen LogP contribution in [0.2, 0.25) is 13.1 Å². The Labute approximate surface area is 279 Å². The largest absolute Gasteiger partial charge is 0.130 e. The molecule has 0 saturated heterocycles. The molecule has 2 atom stereocenters. The fourth-order valence-corrected chi connectivity index (χ4v) is 27.6. The van der Waals surface area contributed by atoms with Gasteiger partial charge in [-0.15, -0.1) is 11.6 Å². The molecule has 2 aliphatic carbocycles. The van der Waals surface area contributed by atoms with Crippen LogP contribution in [-0.4, -0.2) is 11.8 Å². The van der Waals surface area contributed by atoms with Gasteiger partial charge in [0.15, 0.2) is 0 Å². The zero-order valence-electron chi connectivity index (χ0n) is 26.0. The minimum atomic E-state index is -4.38. The first-order valence-electron chi connectivity index (χ1n) is 14.8. The Hall–Kier alpha value is -2.67. The van der Waals surface area contributed by atoms with Crippen LogP contribution in [0, 0.1) is 0 Å². The van der Waals surface area contributed by atoms with Crippen molar-refractivity contribution >= 4 is 29.2 Å². The molecule has 238 valence electrons. The molecule has 2 unspecified atom stereocenters. The molecule has 0 aliphatic heterocycles. The molecule has 9 heteroatoms. The van der Waals surface area contributed by atoms with E-state index in [4.69, 9.17) is 0 Å². The maximum Gasteiger partial charge on any atom is 0.0108 e. The molecular formula is C37H33ClF6SiZr. The molecule has 0 saturated carbocycles. The number of allylic oxidation sites excluding steroid dienone is 2. The number of alkyl halides is 7. The third-order valence-electron chi connectivity index (χ3n) is 8.80. The molecule has 0 aromatic heterocycles. The monoisotopic (exact) mass is 744 g/mol. The fraction of sp³-hybridized carbons (Fsp3) is 0.243. The van der Waals surface area contributed by atoms with Crippen molar-refractivity contribution in [1.29, 1.82) is 0 Å². The van der Waals surface area contributed by atoms with E-state index in [0.717, 1.165) is 57.6 Å². The van der Waals surface area contributed by atoms with Crippen LogP contribution in [0.1, 0.15) is 54.5 Å². The first-order chi connectivity index (χ1) is 21.8. The molecule has 0 fully saturated rings. The molecule has 0 amide bonds. The third kappa shape index (κ3) is 6.55. The SMILES string of the molecule is CC1=Cc2c(-c3ccc(C(F)(F)F)cc3)cccc2[CH]1[Zr]([CH]1C(C)=Cc2c(-c3ccc(C(F)(F)F)cc3)cccc21)=[Si](C)C.CCl. The summed E-state index contributed by atoms with van der Waals surface area (Å²) in [5.41, 5.74) is 8.82. The van der Waals surface area contributed by atoms with Crippen LogP contribution in [0.4, 0.5) is 26.3 Å². The Kier molecular flexibility index (Phi) is 10.1. The van der Waals surface area contributed by atoms with Crippen molar-refractivity contribution in [2.45, 2.75) is 46.5 Å². The first-order valence-corrected chi connectivity index (χ1v) is 24.6. The van der Waals surface area contributed by atoms with E-state index in [1.807, 2.05) is 24.3 Å². The van der Waals surface area contributed by atoms with Crippen LogP contribution in [0.25, 0.3) is 34.4 Å². The van der Waals surface area contributed by atoms with Crippen LogP contribution >= 0.6 is 11.6 Å². The summed E-state index contributed by atoms with van der Waals surface area (Å²) in [5.74, 6) is 0. The van der Waals surface area contributed by atoms with Crippen molar-refractivity contribution < 1.29 is 46.7 Å². The number of hydrogen-bond acceptors (Lipinski definition) is 0. The Balaban J connectivity index is 0.00000204. The van der Waals surface area contributed by atoms with Crippen LogP contribution in [0.3, 0.4) is 0 Å². The normalized spacial score (nSPS) is 17.0. The summed E-state index contributed by atoms with van der Waals surface area (Å²) in [6.45, 7) is 9.21. The topological polar surface area (TPSA) is 0 Å². The standard InChI is InChI=1S/2C17H12F3.C2H6Si.CH3Cl.Zr/c2*1-11-9-13-3-2-4-15(16(13)10-11)12-5-7-14(8-6-12)17(18,19)20;1-3-2;1-2;/h2*2-10H,1H3;1-2H3;1H3;. The second-order valence-corrected chi connectivity index (χ2v) is 29.7. The minimum Gasteiger partial charge on any atom is -0.130 e. The second kappa shape index (κ2) is 13.4. The summed E-state index contributed by atoms with van der Waals surface area (Å²) < 4.78 is 80.0. The zero-order chi connectivity index (χ0) is 33.6. The minimum absolute atomic E-state index is 0.333. The van der Waals surface area contributed by atoms with Crippen LogP contribution < -0.4 is 0 Å². The van der Waals surface area contributed by atoms with E-state index in [1.165, 1.54) is 28.7 Å². The summed E-state index contributed by atoms with van der Waals surface area (Å²) in [6, 6.07) is 23.3. The molecule has 6 rings (SSSR count). The third-order valence-corrected chi connectivity index (χ3v) is 28.7. The molecule has 0 heterocycles. The van der Waals surface area contributed by atoms with E-state index >= 15 is 0 Å². The maximum absolute atomic E-state index is 13.2. The molecular weight excluding hydrogens is 713 g/mol. The van der Waals surface area contributed by atoms with Gasteiger partial charge in [-0.25, -0.2) is 0 Å². The number of hydrogen-bond donors (Lipinski definition) is 0. The average Bonchev–Trinajstić information content (AvgIpc) is 3.53. The quantitative estimate of drug-likeness (QED) is 0.111. The van der Waals surface area contributed by atoms with Crippen LogP contribution in [-0.2, 0) is 32.7 Å². The van der Waals surface area contributed by atoms with E-state index < -0.39 is 49.3 Å². The Bertz CT molecular complexity index is 1730. The summed E-state index contributed by atoms with van der Waals surface area (Å²) in [7, 11) is 0. The van der Waals surface area contributed by atoms with Crippen molar-refractivity contribution in [3.8, 4) is 22.3 Å². The van der Waals surface area contributed by atoms with Crippen molar-refractivity contribution in [1.82, 2.24) is 0 Å². The Morgan fingerprint density at radius 2 is 0.913 bits per heavy atom. The van der Waals surface area contributed by atoms with Crippen molar-refractivity contribution in [2.75, 3.05) is 6.38 Å². The Morgan fingerprint density at radius 3 is 1.22 bits per heavy atom. The summed E-state index contributed by atoms with van der Waals surface area (Å²) in [5, 5.41) is 0. The van der Waals surface area contributed by atoms with Crippen LogP contribution in [0.5, 0.6) is 0 Å². The van der Waals surface area contributed by atoms with Crippen LogP contribution in [0.15, 0.2) is 96.1 Å². The van der Waals surface area contributed by atoms with Gasteiger partial charge in [0.25, 0.3) is 0 Å². The molecule has 4 aromatic rings. The van der Waals surface area contributed by atoms with Gasteiger partial charge in [0.2, 0.25) is 0 Å². The molecule has 4 aromatic carbocycles. The molecule has 0 spiro atoms. The summed E-state index contributed by atoms with van der Waals surface area (Å²) in [6.07, 6.45) is -2.80. The predicted octanol–water partition coefficient (Wildman–Crippen LogP) is 12.4. The predicted molar refractivity (Wildman–Crippen MR) is 176 cm³/mol. The van der Waals surface area contributed by atoms with Gasteiger partial charge in [0.05, 0.1) is 0 Å². The molecule has 0 radical (unpaired) electrons. The fourth-order valence-electron chi connectivity index (χ4n) is 6.85. The van der Waals surface area contributed by atoms with Gasteiger partial charge in [0.1, 0.15) is 0 Å². The smallest absolute Gasteiger partial charge is 0.0108 e. The average molecular weight is 746 g/mol. The summed E-state index contributed by atoms with van der Waals surface area (Å²) in [4.78, 5) is 0. The van der Waals surface area contributed by atoms with Gasteiger partial charge in [-0.3, -0.25) is 0 Å². The van der Waals surface area contributed by atoms with E-state index in [2.05, 4.69) is 62.8 Å². The van der Waals surface area contributed by atoms with Gasteiger partial charge >= 0.3 is 263 Å². The van der Waals surface area contributed by atoms with Gasteiger partial charge in [-0.05, 0) is 0 Å². The molecule has 0 N–H and O–H groups in total. The number of fused-ring (bicyclic) bond motifs is 2. The number of benzene rings is 4. The van der Waals surface area contributed by atoms with Gasteiger partial charge in [-0.2, -0.15) is 0 Å². The zero-order valence-corrected chi connectivity index (χ0v) is 30.3. The van der Waals surface area contributed by atoms with Gasteiger partial charge in [-0.1, -0.05) is 0 Å². The van der Waals surface area contributed by atoms with E-state index in [0.29, 0.717) is 7.25 Å². The van der Waals surface area contributed by atoms with Crippen molar-refractivity contribution in [3.05, 3.63) is 129 Å². The second-order valence-electron chi connectivity index (χ2n) is 11.9. The van der Waals surface area contributed by atoms with E-state index in [-0.39, 0.29) is 0 Å². The maximum atomic E-state index is 13.2. The number of rotatable bonds is 4. The Morgan fingerprint density at radius 1 is 0.565 bits per heavy atom. The molecule has 46 heavy (non-hydrogen) atoms. The molecule has 0 nitrogen and oxygen atoms in total. The van der Waals surface area contributed by atoms with E-state index in [1.54, 1.807) is 24.3 Å². The number of halogens is 7. The molecule has 0 bridgehead atoms. The molecule has 2 aliphatic rings.